The summed E-state index contributed by atoms with van der Waals surface area (Å²) in [5.74, 6) is -1.86. The van der Waals surface area contributed by atoms with Gasteiger partial charge in [-0.15, -0.1) is 0 Å². The van der Waals surface area contributed by atoms with Crippen LogP contribution in [0.1, 0.15) is 23.1 Å². The van der Waals surface area contributed by atoms with Crippen molar-refractivity contribution in [3.05, 3.63) is 119 Å². The van der Waals surface area contributed by atoms with Crippen LogP contribution in [0.15, 0.2) is 102 Å². The van der Waals surface area contributed by atoms with Crippen LogP contribution in [0.25, 0.3) is 28.6 Å². The number of aromatic nitrogens is 2. The molecule has 8 nitrogen and oxygen atoms in total. The molecule has 0 spiro atoms. The van der Waals surface area contributed by atoms with Gasteiger partial charge in [0.05, 0.1) is 34.5 Å². The second-order valence-electron chi connectivity index (χ2n) is 10.4. The Morgan fingerprint density at radius 1 is 0.905 bits per heavy atom. The first kappa shape index (κ1) is 27.1. The molecule has 1 aromatic heterocycles. The summed E-state index contributed by atoms with van der Waals surface area (Å²) >= 11 is 0. The Bertz CT molecular complexity index is 1920. The average molecular weight is 575 g/mol. The number of hydrogen-bond donors (Lipinski definition) is 0. The molecule has 2 aliphatic heterocycles. The molecule has 3 aromatic carbocycles. The van der Waals surface area contributed by atoms with Crippen LogP contribution in [0, 0.1) is 18.3 Å². The molecule has 1 fully saturated rings. The Hall–Kier alpha value is -5.07. The Balaban J connectivity index is 1.59. The zero-order chi connectivity index (χ0) is 29.4. The van der Waals surface area contributed by atoms with E-state index >= 15 is 0 Å². The number of sulfone groups is 1. The third-order valence-electron chi connectivity index (χ3n) is 7.54. The van der Waals surface area contributed by atoms with Crippen LogP contribution in [-0.2, 0) is 19.4 Å². The van der Waals surface area contributed by atoms with Crippen molar-refractivity contribution in [1.29, 1.82) is 5.26 Å². The Kier molecular flexibility index (Phi) is 6.93. The minimum absolute atomic E-state index is 0.119. The minimum Gasteiger partial charge on any atom is -0.270 e. The molecule has 0 unspecified atom stereocenters. The van der Waals surface area contributed by atoms with E-state index in [1.165, 1.54) is 0 Å². The highest BCUT2D eigenvalue weighted by molar-refractivity contribution is 7.91. The first-order chi connectivity index (χ1) is 20.3. The van der Waals surface area contributed by atoms with E-state index in [-0.39, 0.29) is 34.6 Å². The fourth-order valence-electron chi connectivity index (χ4n) is 5.44. The summed E-state index contributed by atoms with van der Waals surface area (Å²) in [6.07, 6.45) is 3.60. The van der Waals surface area contributed by atoms with E-state index in [0.717, 1.165) is 21.7 Å². The molecule has 0 aliphatic carbocycles. The van der Waals surface area contributed by atoms with E-state index in [2.05, 4.69) is 0 Å². The third-order valence-corrected chi connectivity index (χ3v) is 9.29. The number of aryl methyl sites for hydroxylation is 1. The fraction of sp³-hybridized carbons (Fsp3) is 0.152. The maximum Gasteiger partial charge on any atom is 0.272 e. The highest BCUT2D eigenvalue weighted by Gasteiger charge is 2.45. The van der Waals surface area contributed by atoms with Gasteiger partial charge >= 0.3 is 0 Å². The molecule has 2 aliphatic rings. The molecule has 4 aromatic rings. The van der Waals surface area contributed by atoms with Crippen molar-refractivity contribution >= 4 is 33.3 Å². The van der Waals surface area contributed by atoms with Gasteiger partial charge in [-0.3, -0.25) is 14.5 Å². The minimum atomic E-state index is -3.41. The number of rotatable bonds is 5. The van der Waals surface area contributed by atoms with Crippen molar-refractivity contribution in [2.24, 2.45) is 0 Å². The van der Waals surface area contributed by atoms with E-state index in [1.54, 1.807) is 47.3 Å². The number of imide groups is 1. The van der Waals surface area contributed by atoms with E-state index in [0.29, 0.717) is 16.8 Å². The number of carbonyl (C=O) groups excluding carboxylic acids is 2. The summed E-state index contributed by atoms with van der Waals surface area (Å²) < 4.78 is 26.4. The van der Waals surface area contributed by atoms with E-state index < -0.39 is 27.7 Å². The molecule has 1 atom stereocenters. The van der Waals surface area contributed by atoms with Crippen LogP contribution in [0.3, 0.4) is 0 Å². The highest BCUT2D eigenvalue weighted by Crippen LogP contribution is 2.38. The molecule has 0 bridgehead atoms. The number of benzene rings is 3. The van der Waals surface area contributed by atoms with Crippen molar-refractivity contribution < 1.29 is 18.0 Å². The van der Waals surface area contributed by atoms with Gasteiger partial charge in [0, 0.05) is 22.9 Å². The Labute approximate surface area is 243 Å². The molecule has 3 heterocycles. The lowest BCUT2D eigenvalue weighted by molar-refractivity contribution is -0.142. The molecule has 0 radical (unpaired) electrons. The third kappa shape index (κ3) is 4.97. The van der Waals surface area contributed by atoms with E-state index in [4.69, 9.17) is 5.10 Å². The van der Waals surface area contributed by atoms with Gasteiger partial charge in [-0.1, -0.05) is 78.4 Å². The van der Waals surface area contributed by atoms with Gasteiger partial charge in [0.1, 0.15) is 11.6 Å². The summed E-state index contributed by atoms with van der Waals surface area (Å²) in [6, 6.07) is 27.4. The van der Waals surface area contributed by atoms with E-state index in [1.807, 2.05) is 67.6 Å². The molecule has 42 heavy (non-hydrogen) atoms. The summed E-state index contributed by atoms with van der Waals surface area (Å²) in [6.45, 7) is 1.99. The Morgan fingerprint density at radius 2 is 1.57 bits per heavy atom. The zero-order valence-corrected chi connectivity index (χ0v) is 23.6. The Morgan fingerprint density at radius 3 is 2.19 bits per heavy atom. The van der Waals surface area contributed by atoms with Crippen molar-refractivity contribution in [3.8, 4) is 23.0 Å². The molecule has 1 saturated heterocycles. The summed E-state index contributed by atoms with van der Waals surface area (Å²) in [5.41, 5.74) is 4.60. The predicted octanol–water partition coefficient (Wildman–Crippen LogP) is 4.76. The standard InChI is InChI=1S/C33H26N4O4S/c1-22-12-14-24(15-13-22)31-25(20-36(35-31)26-10-6-3-7-11-26)18-28-30(23-8-4-2-5-9-23)29(19-34)33(39)37(32(28)38)27-16-17-42(40,41)21-27/h2-15,18,20,27H,16-17,21H2,1H3/b28-18-/t27-/m0/s1. The molecule has 6 rings (SSSR count). The van der Waals surface area contributed by atoms with Crippen molar-refractivity contribution in [3.63, 3.8) is 0 Å². The number of amides is 2. The van der Waals surface area contributed by atoms with Gasteiger partial charge in [0.2, 0.25) is 0 Å². The molecule has 2 amide bonds. The summed E-state index contributed by atoms with van der Waals surface area (Å²) in [4.78, 5) is 28.8. The lowest BCUT2D eigenvalue weighted by Gasteiger charge is -2.32. The normalized spacial score (nSPS) is 19.4. The zero-order valence-electron chi connectivity index (χ0n) is 22.8. The highest BCUT2D eigenvalue weighted by atomic mass is 32.2. The van der Waals surface area contributed by atoms with Crippen LogP contribution in [0.5, 0.6) is 0 Å². The first-order valence-electron chi connectivity index (χ1n) is 13.5. The summed E-state index contributed by atoms with van der Waals surface area (Å²) in [5, 5.41) is 15.1. The van der Waals surface area contributed by atoms with Crippen molar-refractivity contribution in [2.75, 3.05) is 11.5 Å². The topological polar surface area (TPSA) is 113 Å². The van der Waals surface area contributed by atoms with Gasteiger partial charge in [0.25, 0.3) is 11.8 Å². The van der Waals surface area contributed by atoms with Crippen LogP contribution >= 0.6 is 0 Å². The first-order valence-corrected chi connectivity index (χ1v) is 15.3. The molecule has 9 heteroatoms. The number of hydrogen-bond acceptors (Lipinski definition) is 6. The molecule has 208 valence electrons. The molecule has 0 N–H and O–H groups in total. The number of para-hydroxylation sites is 1. The van der Waals surface area contributed by atoms with Crippen LogP contribution in [-0.4, -0.2) is 52.5 Å². The lowest BCUT2D eigenvalue weighted by Crippen LogP contribution is -2.49. The summed E-state index contributed by atoms with van der Waals surface area (Å²) in [7, 11) is -3.41. The second-order valence-corrected chi connectivity index (χ2v) is 12.6. The second kappa shape index (κ2) is 10.7. The van der Waals surface area contributed by atoms with Gasteiger partial charge < -0.3 is 0 Å². The van der Waals surface area contributed by atoms with Crippen LogP contribution < -0.4 is 0 Å². The van der Waals surface area contributed by atoms with Gasteiger partial charge in [-0.2, -0.15) is 10.4 Å². The smallest absolute Gasteiger partial charge is 0.270 e. The predicted molar refractivity (Wildman–Crippen MR) is 160 cm³/mol. The largest absolute Gasteiger partial charge is 0.272 e. The maximum atomic E-state index is 14.2. The molecular formula is C33H26N4O4S. The number of nitriles is 1. The lowest BCUT2D eigenvalue weighted by atomic mass is 9.86. The van der Waals surface area contributed by atoms with Gasteiger partial charge in [-0.05, 0) is 37.1 Å². The maximum absolute atomic E-state index is 14.2. The molecular weight excluding hydrogens is 548 g/mol. The van der Waals surface area contributed by atoms with E-state index in [9.17, 15) is 23.3 Å². The van der Waals surface area contributed by atoms with Crippen molar-refractivity contribution in [2.45, 2.75) is 19.4 Å². The van der Waals surface area contributed by atoms with Crippen LogP contribution in [0.2, 0.25) is 0 Å². The SMILES string of the molecule is Cc1ccc(-c2nn(-c3ccccc3)cc2/C=C2\C(=O)N([C@H]3CCS(=O)(=O)C3)C(=O)C(C#N)=C2c2ccccc2)cc1. The molecule has 0 saturated carbocycles. The quantitative estimate of drug-likeness (QED) is 0.251. The number of nitrogens with zero attached hydrogens (tertiary/aromatic N) is 4. The van der Waals surface area contributed by atoms with Gasteiger partial charge in [0.15, 0.2) is 9.84 Å². The van der Waals surface area contributed by atoms with Crippen LogP contribution in [0.4, 0.5) is 0 Å². The fourth-order valence-corrected chi connectivity index (χ4v) is 7.14. The monoisotopic (exact) mass is 574 g/mol. The van der Waals surface area contributed by atoms with Crippen molar-refractivity contribution in [1.82, 2.24) is 14.7 Å². The number of carbonyl (C=O) groups is 2. The van der Waals surface area contributed by atoms with Gasteiger partial charge in [-0.25, -0.2) is 13.1 Å². The average Bonchev–Trinajstić information content (AvgIpc) is 3.58.